The zero-order valence-corrected chi connectivity index (χ0v) is 11.3. The summed E-state index contributed by atoms with van der Waals surface area (Å²) in [5, 5.41) is 21.2. The number of hydrogen-bond donors (Lipinski definition) is 1. The molecular formula is C13H14N2O3S. The molecule has 0 saturated heterocycles. The van der Waals surface area contributed by atoms with Crippen molar-refractivity contribution in [3.05, 3.63) is 40.2 Å². The molecule has 19 heavy (non-hydrogen) atoms. The zero-order valence-electron chi connectivity index (χ0n) is 10.5. The van der Waals surface area contributed by atoms with Crippen LogP contribution in [0.25, 0.3) is 10.8 Å². The average Bonchev–Trinajstić information content (AvgIpc) is 2.38. The van der Waals surface area contributed by atoms with Gasteiger partial charge in [0.15, 0.2) is 0 Å². The van der Waals surface area contributed by atoms with Crippen LogP contribution in [0.1, 0.15) is 12.1 Å². The van der Waals surface area contributed by atoms with E-state index in [0.29, 0.717) is 11.8 Å². The summed E-state index contributed by atoms with van der Waals surface area (Å²) in [6.07, 6.45) is 2.26. The lowest BCUT2D eigenvalue weighted by Gasteiger charge is -2.07. The lowest BCUT2D eigenvalue weighted by Crippen LogP contribution is -1.93. The third kappa shape index (κ3) is 3.02. The summed E-state index contributed by atoms with van der Waals surface area (Å²) < 4.78 is 0. The van der Waals surface area contributed by atoms with Crippen LogP contribution in [0.3, 0.4) is 0 Å². The number of rotatable bonds is 5. The maximum atomic E-state index is 11.0. The fraction of sp³-hybridized carbons (Fsp3) is 0.308. The van der Waals surface area contributed by atoms with Crippen molar-refractivity contribution >= 4 is 28.2 Å². The molecule has 0 radical (unpaired) electrons. The quantitative estimate of drug-likeness (QED) is 0.394. The smallest absolute Gasteiger partial charge is 0.278 e. The average molecular weight is 278 g/mol. The Hall–Kier alpha value is -1.66. The molecule has 0 amide bonds. The van der Waals surface area contributed by atoms with Gasteiger partial charge in [-0.2, -0.15) is 0 Å². The fourth-order valence-electron chi connectivity index (χ4n) is 1.83. The molecule has 0 unspecified atom stereocenters. The summed E-state index contributed by atoms with van der Waals surface area (Å²) in [6, 6.07) is 5.15. The Balaban J connectivity index is 2.50. The van der Waals surface area contributed by atoms with E-state index in [2.05, 4.69) is 4.98 Å². The molecule has 0 aliphatic heterocycles. The Morgan fingerprint density at radius 1 is 1.42 bits per heavy atom. The van der Waals surface area contributed by atoms with E-state index in [9.17, 15) is 10.1 Å². The number of nitro groups is 1. The molecule has 0 aliphatic rings. The van der Waals surface area contributed by atoms with E-state index in [-0.39, 0.29) is 17.2 Å². The van der Waals surface area contributed by atoms with Crippen LogP contribution < -0.4 is 0 Å². The summed E-state index contributed by atoms with van der Waals surface area (Å²) in [7, 11) is 0. The maximum Gasteiger partial charge on any atom is 0.278 e. The Labute approximate surface area is 114 Å². The van der Waals surface area contributed by atoms with E-state index in [1.54, 1.807) is 24.0 Å². The number of nitrogens with zero attached hydrogens (tertiary/aromatic N) is 2. The summed E-state index contributed by atoms with van der Waals surface area (Å²) in [5.41, 5.74) is 0.908. The van der Waals surface area contributed by atoms with Crippen molar-refractivity contribution in [1.82, 2.24) is 4.98 Å². The highest BCUT2D eigenvalue weighted by Gasteiger charge is 2.15. The van der Waals surface area contributed by atoms with Crippen LogP contribution in [-0.4, -0.2) is 27.4 Å². The predicted molar refractivity (Wildman–Crippen MR) is 75.6 cm³/mol. The van der Waals surface area contributed by atoms with Crippen LogP contribution in [0.4, 0.5) is 5.69 Å². The van der Waals surface area contributed by atoms with Gasteiger partial charge in [-0.3, -0.25) is 15.1 Å². The van der Waals surface area contributed by atoms with E-state index in [1.165, 1.54) is 6.07 Å². The van der Waals surface area contributed by atoms with Gasteiger partial charge < -0.3 is 5.11 Å². The molecule has 0 saturated carbocycles. The van der Waals surface area contributed by atoms with Crippen molar-refractivity contribution in [2.45, 2.75) is 18.2 Å². The number of aliphatic hydroxyl groups is 1. The zero-order chi connectivity index (χ0) is 13.8. The van der Waals surface area contributed by atoms with E-state index < -0.39 is 0 Å². The standard InChI is InChI=1S/C13H14N2O3S/c1-9-7-10-11(8-14-9)12(15(17)18)3-4-13(10)19-6-2-5-16/h3-4,7-8,16H,2,5-6H2,1H3. The van der Waals surface area contributed by atoms with E-state index in [0.717, 1.165) is 21.7 Å². The van der Waals surface area contributed by atoms with Gasteiger partial charge in [-0.15, -0.1) is 11.8 Å². The van der Waals surface area contributed by atoms with E-state index in [4.69, 9.17) is 5.11 Å². The monoisotopic (exact) mass is 278 g/mol. The molecule has 0 spiro atoms. The second-order valence-corrected chi connectivity index (χ2v) is 5.27. The van der Waals surface area contributed by atoms with E-state index in [1.807, 2.05) is 13.0 Å². The number of hydrogen-bond acceptors (Lipinski definition) is 5. The van der Waals surface area contributed by atoms with Gasteiger partial charge in [0.1, 0.15) is 0 Å². The summed E-state index contributed by atoms with van der Waals surface area (Å²) in [5.74, 6) is 0.783. The fourth-order valence-corrected chi connectivity index (χ4v) is 2.82. The molecule has 1 aromatic carbocycles. The minimum absolute atomic E-state index is 0.0778. The number of pyridine rings is 1. The maximum absolute atomic E-state index is 11.0. The molecule has 0 atom stereocenters. The lowest BCUT2D eigenvalue weighted by molar-refractivity contribution is -0.383. The number of fused-ring (bicyclic) bond motifs is 1. The van der Waals surface area contributed by atoms with Crippen molar-refractivity contribution in [3.63, 3.8) is 0 Å². The van der Waals surface area contributed by atoms with Gasteiger partial charge in [0.2, 0.25) is 0 Å². The lowest BCUT2D eigenvalue weighted by atomic mass is 10.1. The molecule has 6 heteroatoms. The largest absolute Gasteiger partial charge is 0.396 e. The number of thioether (sulfide) groups is 1. The van der Waals surface area contributed by atoms with Gasteiger partial charge in [-0.05, 0) is 25.5 Å². The first-order valence-electron chi connectivity index (χ1n) is 5.91. The van der Waals surface area contributed by atoms with Gasteiger partial charge >= 0.3 is 0 Å². The van der Waals surface area contributed by atoms with Crippen molar-refractivity contribution < 1.29 is 10.0 Å². The number of benzene rings is 1. The van der Waals surface area contributed by atoms with Crippen LogP contribution in [0.5, 0.6) is 0 Å². The predicted octanol–water partition coefficient (Wildman–Crippen LogP) is 2.93. The molecule has 1 aromatic heterocycles. The van der Waals surface area contributed by atoms with Gasteiger partial charge in [0, 0.05) is 40.6 Å². The number of aliphatic hydroxyl groups excluding tert-OH is 1. The third-order valence-electron chi connectivity index (χ3n) is 2.73. The van der Waals surface area contributed by atoms with Crippen LogP contribution in [0.15, 0.2) is 29.3 Å². The van der Waals surface area contributed by atoms with Crippen LogP contribution in [0.2, 0.25) is 0 Å². The summed E-state index contributed by atoms with van der Waals surface area (Å²) in [6.45, 7) is 2.01. The highest BCUT2D eigenvalue weighted by molar-refractivity contribution is 7.99. The first-order chi connectivity index (χ1) is 9.13. The highest BCUT2D eigenvalue weighted by Crippen LogP contribution is 2.33. The second-order valence-electron chi connectivity index (χ2n) is 4.14. The Morgan fingerprint density at radius 3 is 2.89 bits per heavy atom. The number of aromatic nitrogens is 1. The molecule has 1 heterocycles. The van der Waals surface area contributed by atoms with Crippen molar-refractivity contribution in [2.75, 3.05) is 12.4 Å². The van der Waals surface area contributed by atoms with Crippen molar-refractivity contribution in [1.29, 1.82) is 0 Å². The number of non-ortho nitro benzene ring substituents is 1. The number of nitro benzene ring substituents is 1. The third-order valence-corrected chi connectivity index (χ3v) is 3.89. The molecule has 1 N–H and O–H groups in total. The van der Waals surface area contributed by atoms with Gasteiger partial charge in [-0.25, -0.2) is 0 Å². The van der Waals surface area contributed by atoms with Crippen LogP contribution >= 0.6 is 11.8 Å². The normalized spacial score (nSPS) is 10.8. The minimum atomic E-state index is -0.387. The van der Waals surface area contributed by atoms with Crippen LogP contribution in [-0.2, 0) is 0 Å². The molecular weight excluding hydrogens is 264 g/mol. The molecule has 5 nitrogen and oxygen atoms in total. The topological polar surface area (TPSA) is 76.3 Å². The molecule has 100 valence electrons. The van der Waals surface area contributed by atoms with Gasteiger partial charge in [0.25, 0.3) is 5.69 Å². The number of aryl methyl sites for hydroxylation is 1. The first kappa shape index (κ1) is 13.8. The Bertz CT molecular complexity index is 616. The Morgan fingerprint density at radius 2 is 2.21 bits per heavy atom. The molecule has 2 aromatic rings. The molecule has 0 bridgehead atoms. The Kier molecular flexibility index (Phi) is 4.34. The first-order valence-corrected chi connectivity index (χ1v) is 6.89. The van der Waals surface area contributed by atoms with Gasteiger partial charge in [-0.1, -0.05) is 0 Å². The summed E-state index contributed by atoms with van der Waals surface area (Å²) >= 11 is 1.59. The van der Waals surface area contributed by atoms with Crippen molar-refractivity contribution in [2.24, 2.45) is 0 Å². The summed E-state index contributed by atoms with van der Waals surface area (Å²) in [4.78, 5) is 15.7. The van der Waals surface area contributed by atoms with E-state index >= 15 is 0 Å². The van der Waals surface area contributed by atoms with Gasteiger partial charge in [0.05, 0.1) is 10.3 Å². The molecule has 2 rings (SSSR count). The molecule has 0 aliphatic carbocycles. The van der Waals surface area contributed by atoms with Crippen molar-refractivity contribution in [3.8, 4) is 0 Å². The second kappa shape index (κ2) is 5.99. The molecule has 0 fully saturated rings. The highest BCUT2D eigenvalue weighted by atomic mass is 32.2. The minimum Gasteiger partial charge on any atom is -0.396 e. The van der Waals surface area contributed by atoms with Crippen LogP contribution in [0, 0.1) is 17.0 Å². The SMILES string of the molecule is Cc1cc2c(SCCCO)ccc([N+](=O)[O-])c2cn1.